The van der Waals surface area contributed by atoms with E-state index in [9.17, 15) is 19.2 Å². The number of benzene rings is 2. The smallest absolute Gasteiger partial charge is 0.338 e. The van der Waals surface area contributed by atoms with Crippen LogP contribution >= 0.6 is 0 Å². The number of carbonyl (C=O) groups is 4. The topological polar surface area (TPSA) is 128 Å². The number of nitrogens with two attached hydrogens (primary N) is 1. The largest absolute Gasteiger partial charge is 0.452 e. The molecular weight excluding hydrogens is 350 g/mol. The Bertz CT molecular complexity index is 819. The predicted octanol–water partition coefficient (Wildman–Crippen LogP) is 0.897. The van der Waals surface area contributed by atoms with E-state index in [0.29, 0.717) is 0 Å². The van der Waals surface area contributed by atoms with Crippen LogP contribution in [0.25, 0.3) is 0 Å². The summed E-state index contributed by atoms with van der Waals surface area (Å²) in [6.45, 7) is -0.332. The third-order valence-corrected chi connectivity index (χ3v) is 3.48. The lowest BCUT2D eigenvalue weighted by Gasteiger charge is -2.07. The Kier molecular flexibility index (Phi) is 7.07. The average molecular weight is 369 g/mol. The summed E-state index contributed by atoms with van der Waals surface area (Å²) >= 11 is 0. The number of ether oxygens (including phenoxy) is 1. The molecule has 140 valence electrons. The van der Waals surface area contributed by atoms with E-state index in [-0.39, 0.29) is 18.5 Å². The molecule has 0 aliphatic rings. The van der Waals surface area contributed by atoms with Gasteiger partial charge in [-0.05, 0) is 23.3 Å². The maximum Gasteiger partial charge on any atom is 0.338 e. The molecule has 0 aliphatic carbocycles. The van der Waals surface area contributed by atoms with Crippen molar-refractivity contribution in [1.82, 2.24) is 10.6 Å². The summed E-state index contributed by atoms with van der Waals surface area (Å²) in [4.78, 5) is 46.1. The summed E-state index contributed by atoms with van der Waals surface area (Å²) in [5.41, 5.74) is 6.73. The molecule has 8 nitrogen and oxygen atoms in total. The quantitative estimate of drug-likeness (QED) is 0.625. The first-order valence-electron chi connectivity index (χ1n) is 8.10. The zero-order chi connectivity index (χ0) is 19.6. The predicted molar refractivity (Wildman–Crippen MR) is 96.4 cm³/mol. The van der Waals surface area contributed by atoms with Crippen LogP contribution in [0.3, 0.4) is 0 Å². The second kappa shape index (κ2) is 9.71. The molecule has 0 fully saturated rings. The van der Waals surface area contributed by atoms with Gasteiger partial charge in [0.2, 0.25) is 5.91 Å². The number of esters is 1. The molecule has 2 aromatic carbocycles. The highest BCUT2D eigenvalue weighted by atomic mass is 16.5. The highest BCUT2D eigenvalue weighted by molar-refractivity contribution is 5.98. The summed E-state index contributed by atoms with van der Waals surface area (Å²) in [5, 5.41) is 4.59. The second-order valence-corrected chi connectivity index (χ2v) is 5.62. The van der Waals surface area contributed by atoms with Gasteiger partial charge in [0.05, 0.1) is 12.0 Å². The van der Waals surface area contributed by atoms with Gasteiger partial charge in [0.25, 0.3) is 5.91 Å². The van der Waals surface area contributed by atoms with Crippen LogP contribution in [0.1, 0.15) is 21.5 Å². The van der Waals surface area contributed by atoms with E-state index >= 15 is 0 Å². The Morgan fingerprint density at radius 3 is 2.15 bits per heavy atom. The Balaban J connectivity index is 1.76. The number of hydrogen-bond acceptors (Lipinski definition) is 5. The molecule has 0 radical (unpaired) electrons. The van der Waals surface area contributed by atoms with Crippen LogP contribution in [-0.4, -0.2) is 30.4 Å². The number of primary amides is 1. The minimum absolute atomic E-state index is 0.0569. The number of rotatable bonds is 7. The zero-order valence-electron chi connectivity index (χ0n) is 14.4. The molecule has 0 spiro atoms. The molecule has 0 aromatic heterocycles. The number of carbonyl (C=O) groups excluding carboxylic acids is 4. The van der Waals surface area contributed by atoms with Crippen molar-refractivity contribution >= 4 is 23.8 Å². The lowest BCUT2D eigenvalue weighted by molar-refractivity contribution is -0.132. The summed E-state index contributed by atoms with van der Waals surface area (Å²) in [6, 6.07) is 14.5. The van der Waals surface area contributed by atoms with Crippen LogP contribution in [0.4, 0.5) is 4.79 Å². The van der Waals surface area contributed by atoms with Crippen LogP contribution in [0.2, 0.25) is 0 Å². The summed E-state index contributed by atoms with van der Waals surface area (Å²) in [7, 11) is 0. The highest BCUT2D eigenvalue weighted by Crippen LogP contribution is 2.06. The van der Waals surface area contributed by atoms with Crippen molar-refractivity contribution in [3.8, 4) is 0 Å². The van der Waals surface area contributed by atoms with E-state index < -0.39 is 30.4 Å². The number of amides is 4. The van der Waals surface area contributed by atoms with E-state index in [1.54, 1.807) is 36.4 Å². The number of imide groups is 1. The molecule has 27 heavy (non-hydrogen) atoms. The fourth-order valence-electron chi connectivity index (χ4n) is 2.18. The molecule has 0 atom stereocenters. The normalized spacial score (nSPS) is 9.93. The van der Waals surface area contributed by atoms with Gasteiger partial charge in [-0.15, -0.1) is 0 Å². The van der Waals surface area contributed by atoms with Crippen LogP contribution in [0, 0.1) is 0 Å². The Morgan fingerprint density at radius 1 is 0.852 bits per heavy atom. The number of hydrogen-bond donors (Lipinski definition) is 3. The molecule has 8 heteroatoms. The summed E-state index contributed by atoms with van der Waals surface area (Å²) in [6.07, 6.45) is 0.0569. The van der Waals surface area contributed by atoms with Crippen molar-refractivity contribution < 1.29 is 23.9 Å². The first-order valence-corrected chi connectivity index (χ1v) is 8.10. The standard InChI is InChI=1S/C19H19N3O5/c20-19(26)21-11-14-6-8-15(9-7-14)18(25)27-12-17(24)22-16(23)10-13-4-2-1-3-5-13/h1-9H,10-12H2,(H3,20,21,26)(H,22,23,24). The lowest BCUT2D eigenvalue weighted by atomic mass is 10.1. The van der Waals surface area contributed by atoms with Gasteiger partial charge in [-0.3, -0.25) is 14.9 Å². The van der Waals surface area contributed by atoms with Crippen LogP contribution in [-0.2, 0) is 27.3 Å². The van der Waals surface area contributed by atoms with Crippen LogP contribution in [0.15, 0.2) is 54.6 Å². The van der Waals surface area contributed by atoms with E-state index in [4.69, 9.17) is 10.5 Å². The molecule has 0 saturated heterocycles. The van der Waals surface area contributed by atoms with Gasteiger partial charge < -0.3 is 15.8 Å². The van der Waals surface area contributed by atoms with Crippen molar-refractivity contribution in [3.63, 3.8) is 0 Å². The SMILES string of the molecule is NC(=O)NCc1ccc(C(=O)OCC(=O)NC(=O)Cc2ccccc2)cc1. The third kappa shape index (κ3) is 6.99. The highest BCUT2D eigenvalue weighted by Gasteiger charge is 2.13. The minimum atomic E-state index is -0.702. The molecule has 0 unspecified atom stereocenters. The fraction of sp³-hybridized carbons (Fsp3) is 0.158. The monoisotopic (exact) mass is 369 g/mol. The van der Waals surface area contributed by atoms with Gasteiger partial charge >= 0.3 is 12.0 Å². The van der Waals surface area contributed by atoms with E-state index in [2.05, 4.69) is 10.6 Å². The number of nitrogens with one attached hydrogen (secondary N) is 2. The molecule has 0 aliphatic heterocycles. The molecule has 2 rings (SSSR count). The summed E-state index contributed by atoms with van der Waals surface area (Å²) in [5.74, 6) is -1.88. The fourth-order valence-corrected chi connectivity index (χ4v) is 2.18. The maximum absolute atomic E-state index is 11.9. The molecule has 0 heterocycles. The molecule has 4 N–H and O–H groups in total. The van der Waals surface area contributed by atoms with Gasteiger partial charge in [0, 0.05) is 6.54 Å². The summed E-state index contributed by atoms with van der Waals surface area (Å²) < 4.78 is 4.89. The second-order valence-electron chi connectivity index (χ2n) is 5.62. The lowest BCUT2D eigenvalue weighted by Crippen LogP contribution is -2.35. The zero-order valence-corrected chi connectivity index (χ0v) is 14.4. The Labute approximate surface area is 155 Å². The van der Waals surface area contributed by atoms with E-state index in [1.807, 2.05) is 6.07 Å². The van der Waals surface area contributed by atoms with Gasteiger partial charge in [-0.1, -0.05) is 42.5 Å². The molecule has 2 aromatic rings. The first-order chi connectivity index (χ1) is 12.9. The van der Waals surface area contributed by atoms with Crippen molar-refractivity contribution in [2.75, 3.05) is 6.61 Å². The average Bonchev–Trinajstić information content (AvgIpc) is 2.65. The number of urea groups is 1. The van der Waals surface area contributed by atoms with Gasteiger partial charge in [0.15, 0.2) is 6.61 Å². The molecular formula is C19H19N3O5. The van der Waals surface area contributed by atoms with Crippen molar-refractivity contribution in [2.45, 2.75) is 13.0 Å². The van der Waals surface area contributed by atoms with Crippen molar-refractivity contribution in [2.24, 2.45) is 5.73 Å². The first kappa shape index (κ1) is 19.6. The molecule has 0 bridgehead atoms. The van der Waals surface area contributed by atoms with Crippen molar-refractivity contribution in [3.05, 3.63) is 71.3 Å². The maximum atomic E-state index is 11.9. The van der Waals surface area contributed by atoms with Gasteiger partial charge in [-0.2, -0.15) is 0 Å². The minimum Gasteiger partial charge on any atom is -0.452 e. The molecule has 0 saturated carbocycles. The van der Waals surface area contributed by atoms with Gasteiger partial charge in [0.1, 0.15) is 0 Å². The molecule has 4 amide bonds. The van der Waals surface area contributed by atoms with Gasteiger partial charge in [-0.25, -0.2) is 9.59 Å². The van der Waals surface area contributed by atoms with Crippen LogP contribution in [0.5, 0.6) is 0 Å². The van der Waals surface area contributed by atoms with E-state index in [0.717, 1.165) is 11.1 Å². The third-order valence-electron chi connectivity index (χ3n) is 3.48. The van der Waals surface area contributed by atoms with Crippen LogP contribution < -0.4 is 16.4 Å². The van der Waals surface area contributed by atoms with E-state index in [1.165, 1.54) is 12.1 Å². The Morgan fingerprint density at radius 2 is 1.52 bits per heavy atom. The Hall–Kier alpha value is -3.68. The van der Waals surface area contributed by atoms with Crippen molar-refractivity contribution in [1.29, 1.82) is 0 Å².